The van der Waals surface area contributed by atoms with Crippen molar-refractivity contribution in [2.75, 3.05) is 13.6 Å². The monoisotopic (exact) mass is 448 g/mol. The summed E-state index contributed by atoms with van der Waals surface area (Å²) >= 11 is 0. The van der Waals surface area contributed by atoms with Gasteiger partial charge in [-0.2, -0.15) is 5.10 Å². The maximum Gasteiger partial charge on any atom is 0.280 e. The van der Waals surface area contributed by atoms with E-state index in [2.05, 4.69) is 73.5 Å². The Hall–Kier alpha value is -3.26. The molecule has 1 unspecified atom stereocenters. The molecule has 0 aromatic carbocycles. The van der Waals surface area contributed by atoms with Gasteiger partial charge in [-0.3, -0.25) is 9.69 Å². The van der Waals surface area contributed by atoms with Crippen LogP contribution >= 0.6 is 0 Å². The van der Waals surface area contributed by atoms with Gasteiger partial charge in [0, 0.05) is 30.8 Å². The van der Waals surface area contributed by atoms with Crippen LogP contribution < -0.4 is 5.32 Å². The number of carbonyl (C=O) groups excluding carboxylic acids is 1. The van der Waals surface area contributed by atoms with Crippen molar-refractivity contribution in [3.05, 3.63) is 70.5 Å². The first kappa shape index (κ1) is 22.9. The first-order valence-corrected chi connectivity index (χ1v) is 11.4. The van der Waals surface area contributed by atoms with Crippen molar-refractivity contribution in [1.29, 1.82) is 0 Å². The van der Waals surface area contributed by atoms with Crippen LogP contribution in [-0.4, -0.2) is 44.6 Å². The smallest absolute Gasteiger partial charge is 0.280 e. The second kappa shape index (κ2) is 9.70. The molecule has 0 radical (unpaired) electrons. The van der Waals surface area contributed by atoms with E-state index in [0.717, 1.165) is 31.5 Å². The Labute approximate surface area is 194 Å². The highest BCUT2D eigenvalue weighted by molar-refractivity contribution is 5.66. The van der Waals surface area contributed by atoms with Crippen molar-refractivity contribution >= 4 is 11.8 Å². The highest BCUT2D eigenvalue weighted by Gasteiger charge is 2.29. The number of nitrogens with one attached hydrogen (secondary N) is 1. The molecule has 33 heavy (non-hydrogen) atoms. The Bertz CT molecular complexity index is 1200. The molecule has 1 aliphatic heterocycles. The fourth-order valence-corrected chi connectivity index (χ4v) is 4.07. The summed E-state index contributed by atoms with van der Waals surface area (Å²) in [6, 6.07) is 6.64. The van der Waals surface area contributed by atoms with Crippen molar-refractivity contribution in [3.63, 3.8) is 0 Å². The lowest BCUT2D eigenvalue weighted by molar-refractivity contribution is 0.109. The van der Waals surface area contributed by atoms with Crippen LogP contribution in [0.5, 0.6) is 0 Å². The lowest BCUT2D eigenvalue weighted by Gasteiger charge is -2.34. The van der Waals surface area contributed by atoms with Gasteiger partial charge in [0.2, 0.25) is 12.2 Å². The van der Waals surface area contributed by atoms with Gasteiger partial charge in [0.25, 0.3) is 5.89 Å². The lowest BCUT2D eigenvalue weighted by Crippen LogP contribution is -2.34. The molecule has 8 nitrogen and oxygen atoms in total. The first-order chi connectivity index (χ1) is 15.9. The zero-order chi connectivity index (χ0) is 23.5. The highest BCUT2D eigenvalue weighted by atomic mass is 16.4. The summed E-state index contributed by atoms with van der Waals surface area (Å²) < 4.78 is 6.96. The third kappa shape index (κ3) is 5.22. The van der Waals surface area contributed by atoms with Crippen LogP contribution in [0, 0.1) is 6.92 Å². The van der Waals surface area contributed by atoms with E-state index in [1.165, 1.54) is 27.9 Å². The fraction of sp³-hybridized carbons (Fsp3) is 0.440. The number of carbonyl (C=O) groups is 1. The van der Waals surface area contributed by atoms with E-state index in [1.807, 2.05) is 16.8 Å². The van der Waals surface area contributed by atoms with Gasteiger partial charge >= 0.3 is 0 Å². The number of pyridine rings is 1. The van der Waals surface area contributed by atoms with E-state index in [0.29, 0.717) is 18.1 Å². The van der Waals surface area contributed by atoms with Gasteiger partial charge in [0.1, 0.15) is 0 Å². The second-order valence-electron chi connectivity index (χ2n) is 9.12. The summed E-state index contributed by atoms with van der Waals surface area (Å²) in [5.41, 5.74) is 7.53. The molecule has 174 valence electrons. The minimum atomic E-state index is 0.0851. The second-order valence-corrected chi connectivity index (χ2v) is 9.12. The summed E-state index contributed by atoms with van der Waals surface area (Å²) in [4.78, 5) is 12.5. The van der Waals surface area contributed by atoms with E-state index in [4.69, 9.17) is 9.52 Å². The molecule has 2 aliphatic rings. The summed E-state index contributed by atoms with van der Waals surface area (Å²) in [6.07, 6.45) is 7.96. The quantitative estimate of drug-likeness (QED) is 0.572. The van der Waals surface area contributed by atoms with Gasteiger partial charge in [0.05, 0.1) is 17.3 Å². The average molecular weight is 449 g/mol. The molecule has 1 aliphatic carbocycles. The van der Waals surface area contributed by atoms with Crippen molar-refractivity contribution in [1.82, 2.24) is 30.0 Å². The fourth-order valence-electron chi connectivity index (χ4n) is 4.07. The Kier molecular flexibility index (Phi) is 6.74. The van der Waals surface area contributed by atoms with Crippen molar-refractivity contribution in [2.45, 2.75) is 58.9 Å². The molecule has 0 bridgehead atoms. The largest absolute Gasteiger partial charge is 0.418 e. The van der Waals surface area contributed by atoms with E-state index in [9.17, 15) is 4.79 Å². The molecule has 1 fully saturated rings. The molecular weight excluding hydrogens is 416 g/mol. The normalized spacial score (nSPS) is 18.6. The van der Waals surface area contributed by atoms with Gasteiger partial charge in [-0.1, -0.05) is 11.6 Å². The van der Waals surface area contributed by atoms with Gasteiger partial charge in [0.15, 0.2) is 0 Å². The lowest BCUT2D eigenvalue weighted by atomic mass is 9.96. The number of aromatic nitrogens is 4. The van der Waals surface area contributed by atoms with Crippen molar-refractivity contribution in [3.8, 4) is 0 Å². The van der Waals surface area contributed by atoms with Crippen LogP contribution in [0.2, 0.25) is 0 Å². The van der Waals surface area contributed by atoms with Gasteiger partial charge in [-0.15, -0.1) is 10.2 Å². The number of rotatable bonds is 5. The zero-order valence-electron chi connectivity index (χ0n) is 20.0. The Morgan fingerprint density at radius 1 is 1.24 bits per heavy atom. The van der Waals surface area contributed by atoms with Gasteiger partial charge in [-0.05, 0) is 77.1 Å². The zero-order valence-corrected chi connectivity index (χ0v) is 20.0. The van der Waals surface area contributed by atoms with E-state index < -0.39 is 0 Å². The predicted octanol–water partition coefficient (Wildman–Crippen LogP) is 4.57. The van der Waals surface area contributed by atoms with Crippen LogP contribution in [0.3, 0.4) is 0 Å². The number of hydrogen-bond acceptors (Lipinski definition) is 7. The van der Waals surface area contributed by atoms with Gasteiger partial charge in [-0.25, -0.2) is 4.52 Å². The Morgan fingerprint density at radius 2 is 2.03 bits per heavy atom. The molecule has 3 aromatic rings. The first-order valence-electron chi connectivity index (χ1n) is 11.4. The molecule has 1 atom stereocenters. The molecule has 1 N–H and O–H groups in total. The maximum atomic E-state index is 10.1. The van der Waals surface area contributed by atoms with E-state index in [-0.39, 0.29) is 11.9 Å². The molecule has 0 spiro atoms. The minimum Gasteiger partial charge on any atom is -0.418 e. The summed E-state index contributed by atoms with van der Waals surface area (Å²) in [5.74, 6) is 1.13. The van der Waals surface area contributed by atoms with Crippen LogP contribution in [-0.2, 0) is 0 Å². The van der Waals surface area contributed by atoms with E-state index in [1.54, 1.807) is 0 Å². The topological polar surface area (TPSA) is 88.6 Å². The SMILES string of the molecule is CC(C)=CNC1=C(C)C(c2cc3c(C)cccn3n2)N(C)CC1.O=Cc1nnc(C2CC2)o1. The molecule has 0 saturated heterocycles. The van der Waals surface area contributed by atoms with Crippen molar-refractivity contribution in [2.24, 2.45) is 0 Å². The van der Waals surface area contributed by atoms with Gasteiger partial charge < -0.3 is 9.73 Å². The van der Waals surface area contributed by atoms with Crippen LogP contribution in [0.15, 0.2) is 51.9 Å². The third-order valence-electron chi connectivity index (χ3n) is 6.07. The summed E-state index contributed by atoms with van der Waals surface area (Å²) in [6.45, 7) is 9.61. The Morgan fingerprint density at radius 3 is 2.67 bits per heavy atom. The number of hydrogen-bond donors (Lipinski definition) is 1. The van der Waals surface area contributed by atoms with Crippen molar-refractivity contribution < 1.29 is 9.21 Å². The minimum absolute atomic E-state index is 0.0851. The number of allylic oxidation sites excluding steroid dienone is 1. The maximum absolute atomic E-state index is 10.1. The summed E-state index contributed by atoms with van der Waals surface area (Å²) in [7, 11) is 2.18. The van der Waals surface area contributed by atoms with Crippen LogP contribution in [0.25, 0.3) is 5.52 Å². The molecule has 1 saturated carbocycles. The van der Waals surface area contributed by atoms with E-state index >= 15 is 0 Å². The molecule has 5 rings (SSSR count). The van der Waals surface area contributed by atoms with Crippen LogP contribution in [0.1, 0.15) is 79.8 Å². The number of likely N-dealkylation sites (N-methyl/N-ethyl adjacent to an activating group) is 1. The number of aryl methyl sites for hydroxylation is 1. The number of fused-ring (bicyclic) bond motifs is 1. The highest BCUT2D eigenvalue weighted by Crippen LogP contribution is 2.38. The number of nitrogens with zero attached hydrogens (tertiary/aromatic N) is 5. The molecule has 3 aromatic heterocycles. The predicted molar refractivity (Wildman–Crippen MR) is 127 cm³/mol. The average Bonchev–Trinajstić information content (AvgIpc) is 3.36. The Balaban J connectivity index is 0.000000214. The molecule has 4 heterocycles. The molecular formula is C25H32N6O2. The van der Waals surface area contributed by atoms with Crippen LogP contribution in [0.4, 0.5) is 0 Å². The molecule has 0 amide bonds. The number of aldehydes is 1. The summed E-state index contributed by atoms with van der Waals surface area (Å²) in [5, 5.41) is 15.5. The standard InChI is InChI=1S/C19H26N4.C6H6N2O2/c1-13(2)12-20-16-8-10-22(5)19(15(16)4)17-11-18-14(3)7-6-9-23(18)21-17;9-3-5-7-8-6(10-5)4-1-2-4/h6-7,9,11-12,19-20H,8,10H2,1-5H3;3-4H,1-2H2. The molecule has 8 heteroatoms. The third-order valence-corrected chi connectivity index (χ3v) is 6.07.